The van der Waals surface area contributed by atoms with Crippen molar-refractivity contribution in [3.8, 4) is 34.3 Å². The van der Waals surface area contributed by atoms with Crippen molar-refractivity contribution >= 4 is 47.1 Å². The Balaban J connectivity index is 0.000000173. The van der Waals surface area contributed by atoms with Crippen molar-refractivity contribution in [1.29, 1.82) is 0 Å². The van der Waals surface area contributed by atoms with Crippen LogP contribution in [0.4, 0.5) is 30.2 Å². The lowest BCUT2D eigenvalue weighted by molar-refractivity contribution is 0.0810. The minimum atomic E-state index is -4.96. The Hall–Kier alpha value is -9.84. The average molecular weight is 1550 g/mol. The highest BCUT2D eigenvalue weighted by Crippen LogP contribution is 2.38. The molecule has 1 unspecified atom stereocenters. The highest BCUT2D eigenvalue weighted by Gasteiger charge is 2.51. The minimum absolute atomic E-state index is 0.0319. The molecule has 0 saturated carbocycles. The second-order valence-electron chi connectivity index (χ2n) is 24.4. The number of benzene rings is 6. The molecule has 0 bridgehead atoms. The smallest absolute Gasteiger partial charge is 0.384 e. The molecule has 1 atom stereocenters. The number of ether oxygens (including phenoxy) is 6. The number of piperazine rings is 3. The molecule has 0 amide bonds. The van der Waals surface area contributed by atoms with Crippen LogP contribution in [-0.2, 0) is 55.3 Å². The molecule has 9 aromatic rings. The van der Waals surface area contributed by atoms with E-state index in [4.69, 9.17) is 28.4 Å². The largest absolute Gasteiger partial charge is 0.484 e. The van der Waals surface area contributed by atoms with Crippen LogP contribution in [-0.4, -0.2) is 206 Å². The van der Waals surface area contributed by atoms with Gasteiger partial charge in [0.2, 0.25) is 32.8 Å². The Morgan fingerprint density at radius 1 is 0.398 bits per heavy atom. The Bertz CT molecular complexity index is 4880. The van der Waals surface area contributed by atoms with E-state index in [1.807, 2.05) is 91.2 Å². The van der Waals surface area contributed by atoms with E-state index in [1.54, 1.807) is 96.0 Å². The first-order chi connectivity index (χ1) is 52.2. The molecule has 33 heteroatoms. The molecule has 0 aliphatic carbocycles. The van der Waals surface area contributed by atoms with Crippen LogP contribution in [0.5, 0.6) is 17.2 Å². The van der Waals surface area contributed by atoms with Crippen molar-refractivity contribution in [3.05, 3.63) is 248 Å². The SMILES string of the molecule is CCOCCOc1c(N2CCN(S(=O)(=O)C(F)(F)c3ccccc3)CC2)cnn(-c2ccccc2)c1=O.CCOCCOc1c(N2CCN(S(=O)(=O)C(F)c3ccccc3)CC2)cnn(-c2ccccc2)c1=O.CCOCCOc1c(N2CCN(S(=O)(=O)Cc3ccccc3)CC2)cnn(-c2ccccc2)c1=O. The van der Waals surface area contributed by atoms with Gasteiger partial charge in [0.15, 0.2) is 0 Å². The maximum Gasteiger partial charge on any atom is 0.384 e. The number of hydrogen-bond acceptors (Lipinski definition) is 21. The third-order valence-corrected chi connectivity index (χ3v) is 23.2. The van der Waals surface area contributed by atoms with Crippen molar-refractivity contribution in [2.45, 2.75) is 37.3 Å². The fourth-order valence-corrected chi connectivity index (χ4v) is 16.3. The van der Waals surface area contributed by atoms with Gasteiger partial charge >= 0.3 is 21.9 Å². The van der Waals surface area contributed by atoms with Crippen LogP contribution in [0.3, 0.4) is 0 Å². The first kappa shape index (κ1) is 80.7. The summed E-state index contributed by atoms with van der Waals surface area (Å²) < 4.78 is 163. The fourth-order valence-electron chi connectivity index (χ4n) is 12.0. The molecule has 3 saturated heterocycles. The van der Waals surface area contributed by atoms with Gasteiger partial charge in [-0.15, -0.1) is 0 Å². The van der Waals surface area contributed by atoms with Gasteiger partial charge in [0.25, 0.3) is 20.0 Å². The highest BCUT2D eigenvalue weighted by molar-refractivity contribution is 7.90. The average Bonchev–Trinajstić information content (AvgIpc) is 0.775. The molecule has 27 nitrogen and oxygen atoms in total. The predicted octanol–water partition coefficient (Wildman–Crippen LogP) is 7.92. The van der Waals surface area contributed by atoms with E-state index in [1.165, 1.54) is 55.0 Å². The topological polar surface area (TPSA) is 282 Å². The summed E-state index contributed by atoms with van der Waals surface area (Å²) in [6.07, 6.45) is 4.61. The van der Waals surface area contributed by atoms with E-state index in [9.17, 15) is 52.8 Å². The Morgan fingerprint density at radius 3 is 1.05 bits per heavy atom. The number of rotatable bonds is 30. The first-order valence-corrected chi connectivity index (χ1v) is 39.8. The molecular weight excluding hydrogens is 1460 g/mol. The Morgan fingerprint density at radius 2 is 0.704 bits per heavy atom. The van der Waals surface area contributed by atoms with Crippen LogP contribution in [0.15, 0.2) is 215 Å². The number of aromatic nitrogens is 6. The Labute approximate surface area is 625 Å². The highest BCUT2D eigenvalue weighted by atomic mass is 32.2. The van der Waals surface area contributed by atoms with Crippen molar-refractivity contribution in [3.63, 3.8) is 0 Å². The molecule has 0 N–H and O–H groups in total. The number of anilines is 3. The standard InChI is InChI=1S/C25H28F2N4O5S.C25H29FN4O5S.C25H30N4O5S/c1-2-35-17-18-36-23-22(19-28-31(24(23)32)21-11-7-4-8-12-21)29-13-15-30(16-14-29)37(33,34)25(26,27)20-9-5-3-6-10-20;1-2-34-17-18-35-23-22(19-27-30(25(23)31)21-11-7-4-8-12-21)28-13-15-29(16-14-28)36(32,33)24(26)20-9-5-3-6-10-20;1-2-33-17-18-34-24-23(19-26-29(25(24)30)22-11-7-4-8-12-22)27-13-15-28(16-14-27)35(31,32)20-21-9-5-3-6-10-21/h3-12,19H,2,13-18H2,1H3;3-12,19,24H,2,13-18H2,1H3;3-12,19H,2,13-18,20H2,1H3. The molecule has 3 aliphatic heterocycles. The van der Waals surface area contributed by atoms with E-state index in [2.05, 4.69) is 15.3 Å². The summed E-state index contributed by atoms with van der Waals surface area (Å²) >= 11 is 0. The molecule has 0 spiro atoms. The van der Waals surface area contributed by atoms with Crippen LogP contribution in [0.2, 0.25) is 0 Å². The molecule has 576 valence electrons. The minimum Gasteiger partial charge on any atom is -0.484 e. The van der Waals surface area contributed by atoms with Crippen LogP contribution in [0.1, 0.15) is 43.0 Å². The summed E-state index contributed by atoms with van der Waals surface area (Å²) in [5, 5.41) is 8.90. The van der Waals surface area contributed by atoms with Gasteiger partial charge in [0, 0.05) is 109 Å². The summed E-state index contributed by atoms with van der Waals surface area (Å²) in [7, 11) is -12.6. The van der Waals surface area contributed by atoms with Crippen LogP contribution in [0, 0.1) is 0 Å². The summed E-state index contributed by atoms with van der Waals surface area (Å²) in [6, 6.07) is 50.4. The molecule has 12 rings (SSSR count). The van der Waals surface area contributed by atoms with E-state index < -0.39 is 57.5 Å². The van der Waals surface area contributed by atoms with Gasteiger partial charge < -0.3 is 43.1 Å². The number of sulfonamides is 3. The third-order valence-electron chi connectivity index (χ3n) is 17.6. The van der Waals surface area contributed by atoms with Crippen molar-refractivity contribution in [1.82, 2.24) is 42.3 Å². The van der Waals surface area contributed by atoms with Crippen LogP contribution in [0.25, 0.3) is 17.1 Å². The van der Waals surface area contributed by atoms with E-state index in [-0.39, 0.29) is 113 Å². The zero-order chi connectivity index (χ0) is 76.7. The van der Waals surface area contributed by atoms with Gasteiger partial charge in [-0.2, -0.15) is 51.0 Å². The lowest BCUT2D eigenvalue weighted by Crippen LogP contribution is -2.52. The van der Waals surface area contributed by atoms with E-state index >= 15 is 0 Å². The molecule has 3 aromatic heterocycles. The molecular formula is C75H87F3N12O15S3. The Kier molecular flexibility index (Phi) is 28.6. The third kappa shape index (κ3) is 19.9. The molecule has 6 aromatic carbocycles. The summed E-state index contributed by atoms with van der Waals surface area (Å²) in [5.41, 5.74) is -0.0198. The second kappa shape index (κ2) is 38.3. The summed E-state index contributed by atoms with van der Waals surface area (Å²) in [6.45, 7) is 10.5. The van der Waals surface area contributed by atoms with E-state index in [0.717, 1.165) is 26.3 Å². The first-order valence-electron chi connectivity index (χ1n) is 35.2. The maximum absolute atomic E-state index is 14.9. The van der Waals surface area contributed by atoms with Gasteiger partial charge in [0.1, 0.15) is 36.9 Å². The van der Waals surface area contributed by atoms with Gasteiger partial charge in [0.05, 0.1) is 61.2 Å². The number of nitrogens with zero attached hydrogens (tertiary/aromatic N) is 12. The van der Waals surface area contributed by atoms with Gasteiger partial charge in [-0.1, -0.05) is 146 Å². The number of hydrogen-bond donors (Lipinski definition) is 0. The number of halogens is 3. The second-order valence-corrected chi connectivity index (χ2v) is 30.3. The monoisotopic (exact) mass is 1550 g/mol. The van der Waals surface area contributed by atoms with Gasteiger partial charge in [-0.05, 0) is 62.7 Å². The molecule has 3 fully saturated rings. The van der Waals surface area contributed by atoms with Crippen molar-refractivity contribution in [2.24, 2.45) is 0 Å². The zero-order valence-electron chi connectivity index (χ0n) is 60.0. The van der Waals surface area contributed by atoms with Crippen LogP contribution < -0.4 is 45.6 Å². The molecule has 108 heavy (non-hydrogen) atoms. The molecule has 6 heterocycles. The maximum atomic E-state index is 14.9. The lowest BCUT2D eigenvalue weighted by Gasteiger charge is -2.37. The summed E-state index contributed by atoms with van der Waals surface area (Å²) in [4.78, 5) is 45.5. The van der Waals surface area contributed by atoms with Crippen molar-refractivity contribution < 1.29 is 66.8 Å². The van der Waals surface area contributed by atoms with Gasteiger partial charge in [-0.3, -0.25) is 14.4 Å². The number of para-hydroxylation sites is 3. The van der Waals surface area contributed by atoms with Gasteiger partial charge in [-0.25, -0.2) is 29.6 Å². The quantitative estimate of drug-likeness (QED) is 0.0386. The summed E-state index contributed by atoms with van der Waals surface area (Å²) in [5.74, 6) is 0.292. The zero-order valence-corrected chi connectivity index (χ0v) is 62.5. The van der Waals surface area contributed by atoms with E-state index in [0.29, 0.717) is 93.3 Å². The number of alkyl halides is 3. The van der Waals surface area contributed by atoms with Crippen LogP contribution >= 0.6 is 0 Å². The fraction of sp³-hybridized carbons (Fsp3) is 0.360. The molecule has 3 aliphatic rings. The molecule has 0 radical (unpaired) electrons. The lowest BCUT2D eigenvalue weighted by atomic mass is 10.2. The van der Waals surface area contributed by atoms with Crippen molar-refractivity contribution in [2.75, 3.05) is 153 Å². The normalized spacial score (nSPS) is 15.1. The predicted molar refractivity (Wildman–Crippen MR) is 404 cm³/mol.